The SMILES string of the molecule is CCNCCCC(=O)OC.Cl. The molecule has 0 aromatic heterocycles. The second kappa shape index (κ2) is 9.72. The van der Waals surface area contributed by atoms with E-state index in [1.807, 2.05) is 6.92 Å². The molecule has 0 unspecified atom stereocenters. The molecular weight excluding hydrogens is 166 g/mol. The first-order valence-electron chi connectivity index (χ1n) is 3.58. The van der Waals surface area contributed by atoms with Crippen LogP contribution in [0, 0.1) is 0 Å². The number of hydrogen-bond donors (Lipinski definition) is 1. The van der Waals surface area contributed by atoms with Gasteiger partial charge in [-0.15, -0.1) is 12.4 Å². The second-order valence-corrected chi connectivity index (χ2v) is 2.03. The molecule has 1 N–H and O–H groups in total. The van der Waals surface area contributed by atoms with E-state index < -0.39 is 0 Å². The number of nitrogens with one attached hydrogen (secondary N) is 1. The number of ether oxygens (including phenoxy) is 1. The molecule has 0 rings (SSSR count). The highest BCUT2D eigenvalue weighted by Crippen LogP contribution is 1.88. The van der Waals surface area contributed by atoms with Crippen LogP contribution in [0.5, 0.6) is 0 Å². The summed E-state index contributed by atoms with van der Waals surface area (Å²) in [6.07, 6.45) is 1.38. The Morgan fingerprint density at radius 2 is 2.18 bits per heavy atom. The zero-order valence-corrected chi connectivity index (χ0v) is 7.87. The average molecular weight is 182 g/mol. The summed E-state index contributed by atoms with van der Waals surface area (Å²) in [5.41, 5.74) is 0. The first-order valence-corrected chi connectivity index (χ1v) is 3.58. The lowest BCUT2D eigenvalue weighted by Crippen LogP contribution is -2.15. The third kappa shape index (κ3) is 9.72. The van der Waals surface area contributed by atoms with Gasteiger partial charge < -0.3 is 10.1 Å². The maximum Gasteiger partial charge on any atom is 0.305 e. The Hall–Kier alpha value is -0.280. The molecule has 0 atom stereocenters. The van der Waals surface area contributed by atoms with E-state index in [4.69, 9.17) is 0 Å². The Labute approximate surface area is 73.9 Å². The third-order valence-corrected chi connectivity index (χ3v) is 1.21. The number of hydrogen-bond acceptors (Lipinski definition) is 3. The van der Waals surface area contributed by atoms with Gasteiger partial charge in [0.2, 0.25) is 0 Å². The summed E-state index contributed by atoms with van der Waals surface area (Å²) >= 11 is 0. The summed E-state index contributed by atoms with van der Waals surface area (Å²) in [4.78, 5) is 10.5. The van der Waals surface area contributed by atoms with Crippen LogP contribution in [-0.2, 0) is 9.53 Å². The van der Waals surface area contributed by atoms with E-state index in [9.17, 15) is 4.79 Å². The Balaban J connectivity index is 0. The molecule has 0 aliphatic rings. The third-order valence-electron chi connectivity index (χ3n) is 1.21. The fourth-order valence-electron chi connectivity index (χ4n) is 0.637. The summed E-state index contributed by atoms with van der Waals surface area (Å²) in [7, 11) is 1.41. The van der Waals surface area contributed by atoms with Crippen molar-refractivity contribution >= 4 is 18.4 Å². The van der Waals surface area contributed by atoms with Crippen LogP contribution in [0.1, 0.15) is 19.8 Å². The molecule has 0 aliphatic carbocycles. The largest absolute Gasteiger partial charge is 0.469 e. The molecule has 0 fully saturated rings. The Morgan fingerprint density at radius 3 is 2.64 bits per heavy atom. The van der Waals surface area contributed by atoms with Crippen LogP contribution in [0.25, 0.3) is 0 Å². The van der Waals surface area contributed by atoms with Crippen molar-refractivity contribution in [1.82, 2.24) is 5.32 Å². The van der Waals surface area contributed by atoms with E-state index in [2.05, 4.69) is 10.1 Å². The van der Waals surface area contributed by atoms with Crippen molar-refractivity contribution in [2.75, 3.05) is 20.2 Å². The van der Waals surface area contributed by atoms with E-state index in [1.165, 1.54) is 7.11 Å². The number of carbonyl (C=O) groups is 1. The first kappa shape index (κ1) is 13.3. The molecule has 0 bridgehead atoms. The van der Waals surface area contributed by atoms with Crippen LogP contribution in [-0.4, -0.2) is 26.2 Å². The second-order valence-electron chi connectivity index (χ2n) is 2.03. The number of rotatable bonds is 5. The summed E-state index contributed by atoms with van der Waals surface area (Å²) in [6.45, 7) is 3.89. The molecular formula is C7H16ClNO2. The van der Waals surface area contributed by atoms with Crippen molar-refractivity contribution in [2.24, 2.45) is 0 Å². The standard InChI is InChI=1S/C7H15NO2.ClH/c1-3-8-6-4-5-7(9)10-2;/h8H,3-6H2,1-2H3;1H. The molecule has 0 heterocycles. The highest BCUT2D eigenvalue weighted by molar-refractivity contribution is 5.85. The fraction of sp³-hybridized carbons (Fsp3) is 0.857. The minimum atomic E-state index is -0.127. The van der Waals surface area contributed by atoms with Crippen LogP contribution in [0.4, 0.5) is 0 Å². The number of carbonyl (C=O) groups excluding carboxylic acids is 1. The van der Waals surface area contributed by atoms with Gasteiger partial charge in [0, 0.05) is 6.42 Å². The summed E-state index contributed by atoms with van der Waals surface area (Å²) in [6, 6.07) is 0. The minimum Gasteiger partial charge on any atom is -0.469 e. The van der Waals surface area contributed by atoms with Crippen molar-refractivity contribution in [2.45, 2.75) is 19.8 Å². The lowest BCUT2D eigenvalue weighted by atomic mass is 10.3. The molecule has 0 saturated heterocycles. The van der Waals surface area contributed by atoms with Gasteiger partial charge in [-0.25, -0.2) is 0 Å². The van der Waals surface area contributed by atoms with Gasteiger partial charge in [0.15, 0.2) is 0 Å². The monoisotopic (exact) mass is 181 g/mol. The number of esters is 1. The number of methoxy groups -OCH3 is 1. The minimum absolute atomic E-state index is 0. The predicted octanol–water partition coefficient (Wildman–Crippen LogP) is 0.971. The van der Waals surface area contributed by atoms with Gasteiger partial charge in [0.25, 0.3) is 0 Å². The molecule has 11 heavy (non-hydrogen) atoms. The molecule has 3 nitrogen and oxygen atoms in total. The van der Waals surface area contributed by atoms with Gasteiger partial charge >= 0.3 is 5.97 Å². The predicted molar refractivity (Wildman–Crippen MR) is 47.0 cm³/mol. The van der Waals surface area contributed by atoms with E-state index in [0.29, 0.717) is 6.42 Å². The molecule has 0 aromatic carbocycles. The molecule has 0 amide bonds. The molecule has 0 radical (unpaired) electrons. The molecule has 0 aromatic rings. The van der Waals surface area contributed by atoms with Gasteiger partial charge in [-0.2, -0.15) is 0 Å². The van der Waals surface area contributed by atoms with Crippen molar-refractivity contribution < 1.29 is 9.53 Å². The van der Waals surface area contributed by atoms with Crippen LogP contribution in [0.3, 0.4) is 0 Å². The van der Waals surface area contributed by atoms with E-state index in [-0.39, 0.29) is 18.4 Å². The topological polar surface area (TPSA) is 38.3 Å². The van der Waals surface area contributed by atoms with Gasteiger partial charge in [-0.05, 0) is 19.5 Å². The first-order chi connectivity index (χ1) is 4.81. The van der Waals surface area contributed by atoms with Gasteiger partial charge in [-0.3, -0.25) is 4.79 Å². The van der Waals surface area contributed by atoms with E-state index >= 15 is 0 Å². The lowest BCUT2D eigenvalue weighted by Gasteiger charge is -1.99. The molecule has 68 valence electrons. The fourth-order valence-corrected chi connectivity index (χ4v) is 0.637. The van der Waals surface area contributed by atoms with E-state index in [1.54, 1.807) is 0 Å². The highest BCUT2D eigenvalue weighted by Gasteiger charge is 1.96. The van der Waals surface area contributed by atoms with Crippen molar-refractivity contribution in [1.29, 1.82) is 0 Å². The molecule has 4 heteroatoms. The molecule has 0 aliphatic heterocycles. The quantitative estimate of drug-likeness (QED) is 0.508. The zero-order chi connectivity index (χ0) is 7.82. The maximum atomic E-state index is 10.5. The highest BCUT2D eigenvalue weighted by atomic mass is 35.5. The zero-order valence-electron chi connectivity index (χ0n) is 7.05. The smallest absolute Gasteiger partial charge is 0.305 e. The molecule has 0 spiro atoms. The van der Waals surface area contributed by atoms with Crippen LogP contribution in [0.2, 0.25) is 0 Å². The summed E-state index contributed by atoms with van der Waals surface area (Å²) in [5.74, 6) is -0.127. The normalized spacial score (nSPS) is 8.55. The van der Waals surface area contributed by atoms with Gasteiger partial charge in [0.1, 0.15) is 0 Å². The number of halogens is 1. The Bertz CT molecular complexity index is 98.4. The summed E-state index contributed by atoms with van der Waals surface area (Å²) < 4.78 is 4.46. The Morgan fingerprint density at radius 1 is 1.55 bits per heavy atom. The Kier molecular flexibility index (Phi) is 11.8. The van der Waals surface area contributed by atoms with Crippen molar-refractivity contribution in [3.8, 4) is 0 Å². The lowest BCUT2D eigenvalue weighted by molar-refractivity contribution is -0.140. The van der Waals surface area contributed by atoms with Crippen LogP contribution in [0.15, 0.2) is 0 Å². The van der Waals surface area contributed by atoms with E-state index in [0.717, 1.165) is 19.5 Å². The van der Waals surface area contributed by atoms with Crippen LogP contribution >= 0.6 is 12.4 Å². The van der Waals surface area contributed by atoms with Gasteiger partial charge in [-0.1, -0.05) is 6.92 Å². The molecule has 0 saturated carbocycles. The summed E-state index contributed by atoms with van der Waals surface area (Å²) in [5, 5.41) is 3.12. The maximum absolute atomic E-state index is 10.5. The van der Waals surface area contributed by atoms with Gasteiger partial charge in [0.05, 0.1) is 7.11 Å². The van der Waals surface area contributed by atoms with Crippen molar-refractivity contribution in [3.05, 3.63) is 0 Å². The average Bonchev–Trinajstić information content (AvgIpc) is 1.98. The van der Waals surface area contributed by atoms with Crippen molar-refractivity contribution in [3.63, 3.8) is 0 Å². The van der Waals surface area contributed by atoms with Crippen LogP contribution < -0.4 is 5.32 Å².